The average Bonchev–Trinajstić information content (AvgIpc) is 2.47. The van der Waals surface area contributed by atoms with Gasteiger partial charge >= 0.3 is 7.60 Å². The Morgan fingerprint density at radius 3 is 2.18 bits per heavy atom. The van der Waals surface area contributed by atoms with Crippen molar-refractivity contribution in [2.24, 2.45) is 0 Å². The number of non-ortho nitro benzene ring substituents is 1. The first-order valence-electron chi connectivity index (χ1n) is 6.45. The van der Waals surface area contributed by atoms with Crippen LogP contribution in [0.15, 0.2) is 54.6 Å². The van der Waals surface area contributed by atoms with Crippen molar-refractivity contribution in [3.05, 3.63) is 75.8 Å². The van der Waals surface area contributed by atoms with Crippen molar-refractivity contribution in [1.82, 2.24) is 5.32 Å². The van der Waals surface area contributed by atoms with E-state index in [-0.39, 0.29) is 12.2 Å². The lowest BCUT2D eigenvalue weighted by atomic mass is 10.2. The molecule has 0 saturated carbocycles. The molecule has 22 heavy (non-hydrogen) atoms. The van der Waals surface area contributed by atoms with Gasteiger partial charge in [0.15, 0.2) is 0 Å². The Bertz CT molecular complexity index is 684. The highest BCUT2D eigenvalue weighted by Crippen LogP contribution is 2.50. The van der Waals surface area contributed by atoms with Crippen LogP contribution in [0.25, 0.3) is 0 Å². The van der Waals surface area contributed by atoms with Crippen LogP contribution >= 0.6 is 7.60 Å². The summed E-state index contributed by atoms with van der Waals surface area (Å²) in [6, 6.07) is 14.3. The number of nitrogens with one attached hydrogen (secondary N) is 1. The maximum Gasteiger partial charge on any atom is 0.346 e. The predicted molar refractivity (Wildman–Crippen MR) is 81.2 cm³/mol. The first-order valence-corrected chi connectivity index (χ1v) is 8.13. The van der Waals surface area contributed by atoms with E-state index in [4.69, 9.17) is 0 Å². The molecule has 116 valence electrons. The van der Waals surface area contributed by atoms with E-state index in [1.165, 1.54) is 24.3 Å². The fourth-order valence-electron chi connectivity index (χ4n) is 2.02. The van der Waals surface area contributed by atoms with Gasteiger partial charge in [0, 0.05) is 18.7 Å². The molecule has 0 amide bonds. The van der Waals surface area contributed by atoms with Gasteiger partial charge in [-0.3, -0.25) is 20.0 Å². The molecular formula is C14H15N2O5P. The minimum absolute atomic E-state index is 0.128. The Morgan fingerprint density at radius 2 is 1.68 bits per heavy atom. The minimum atomic E-state index is -4.45. The highest BCUT2D eigenvalue weighted by molar-refractivity contribution is 7.52. The number of nitro benzene ring substituents is 1. The molecular weight excluding hydrogens is 307 g/mol. The van der Waals surface area contributed by atoms with Gasteiger partial charge in [-0.05, 0) is 23.3 Å². The van der Waals surface area contributed by atoms with Gasteiger partial charge in [-0.25, -0.2) is 0 Å². The summed E-state index contributed by atoms with van der Waals surface area (Å²) in [5, 5.41) is 13.4. The van der Waals surface area contributed by atoms with Crippen molar-refractivity contribution in [2.45, 2.75) is 12.3 Å². The third-order valence-corrected chi connectivity index (χ3v) is 4.25. The summed E-state index contributed by atoms with van der Waals surface area (Å²) in [5.74, 6) is -1.21. The zero-order valence-corrected chi connectivity index (χ0v) is 12.4. The number of hydrogen-bond acceptors (Lipinski definition) is 4. The van der Waals surface area contributed by atoms with Crippen molar-refractivity contribution < 1.29 is 19.3 Å². The third-order valence-electron chi connectivity index (χ3n) is 3.10. The molecule has 0 bridgehead atoms. The molecule has 0 aliphatic carbocycles. The number of nitro groups is 1. The minimum Gasteiger partial charge on any atom is -0.323 e. The number of nitrogens with zero attached hydrogens (tertiary/aromatic N) is 1. The third kappa shape index (κ3) is 4.22. The number of rotatable bonds is 6. The molecule has 1 atom stereocenters. The van der Waals surface area contributed by atoms with Crippen LogP contribution in [0.4, 0.5) is 5.69 Å². The van der Waals surface area contributed by atoms with Crippen LogP contribution in [0.3, 0.4) is 0 Å². The van der Waals surface area contributed by atoms with E-state index in [1.807, 2.05) is 30.3 Å². The van der Waals surface area contributed by atoms with E-state index < -0.39 is 18.3 Å². The summed E-state index contributed by atoms with van der Waals surface area (Å²) in [4.78, 5) is 29.1. The molecule has 0 aliphatic rings. The van der Waals surface area contributed by atoms with Crippen LogP contribution in [-0.4, -0.2) is 14.7 Å². The summed E-state index contributed by atoms with van der Waals surface area (Å²) in [6.45, 7) is 0.271. The fourth-order valence-corrected chi connectivity index (χ4v) is 2.91. The average molecular weight is 322 g/mol. The molecule has 3 N–H and O–H groups in total. The van der Waals surface area contributed by atoms with Crippen LogP contribution in [0, 0.1) is 10.1 Å². The van der Waals surface area contributed by atoms with Gasteiger partial charge in [-0.2, -0.15) is 0 Å². The first kappa shape index (κ1) is 16.3. The quantitative estimate of drug-likeness (QED) is 0.428. The molecule has 7 nitrogen and oxygen atoms in total. The summed E-state index contributed by atoms with van der Waals surface area (Å²) >= 11 is 0. The first-order chi connectivity index (χ1) is 10.4. The Labute approximate surface area is 126 Å². The van der Waals surface area contributed by atoms with Crippen molar-refractivity contribution in [3.8, 4) is 0 Å². The van der Waals surface area contributed by atoms with Crippen LogP contribution in [-0.2, 0) is 11.1 Å². The molecule has 2 aromatic rings. The van der Waals surface area contributed by atoms with E-state index in [0.717, 1.165) is 5.56 Å². The molecule has 2 rings (SSSR count). The van der Waals surface area contributed by atoms with Crippen molar-refractivity contribution in [1.29, 1.82) is 0 Å². The van der Waals surface area contributed by atoms with E-state index in [1.54, 1.807) is 0 Å². The van der Waals surface area contributed by atoms with Gasteiger partial charge in [0.25, 0.3) is 5.69 Å². The molecule has 0 unspecified atom stereocenters. The van der Waals surface area contributed by atoms with E-state index in [2.05, 4.69) is 5.32 Å². The lowest BCUT2D eigenvalue weighted by Gasteiger charge is -2.20. The second-order valence-corrected chi connectivity index (χ2v) is 6.40. The molecule has 8 heteroatoms. The zero-order valence-electron chi connectivity index (χ0n) is 11.5. The van der Waals surface area contributed by atoms with Crippen LogP contribution < -0.4 is 5.32 Å². The van der Waals surface area contributed by atoms with Crippen LogP contribution in [0.1, 0.15) is 16.9 Å². The van der Waals surface area contributed by atoms with E-state index in [9.17, 15) is 24.5 Å². The maximum absolute atomic E-state index is 11.7. The van der Waals surface area contributed by atoms with Crippen LogP contribution in [0.2, 0.25) is 0 Å². The zero-order chi connectivity index (χ0) is 16.2. The fraction of sp³-hybridized carbons (Fsp3) is 0.143. The number of hydrogen-bond donors (Lipinski definition) is 3. The van der Waals surface area contributed by atoms with E-state index in [0.29, 0.717) is 5.56 Å². The Kier molecular flexibility index (Phi) is 5.05. The lowest BCUT2D eigenvalue weighted by Crippen LogP contribution is -2.21. The van der Waals surface area contributed by atoms with Gasteiger partial charge in [0.2, 0.25) is 0 Å². The summed E-state index contributed by atoms with van der Waals surface area (Å²) < 4.78 is 11.7. The summed E-state index contributed by atoms with van der Waals surface area (Å²) in [7, 11) is -4.45. The van der Waals surface area contributed by atoms with Gasteiger partial charge in [0.05, 0.1) is 4.92 Å². The molecule has 0 spiro atoms. The smallest absolute Gasteiger partial charge is 0.323 e. The molecule has 0 aliphatic heterocycles. The van der Waals surface area contributed by atoms with Gasteiger partial charge < -0.3 is 9.79 Å². The standard InChI is InChI=1S/C14H15N2O5P/c17-16(18)13-8-6-12(7-9-13)14(22(19,20)21)15-10-11-4-2-1-3-5-11/h1-9,14-15H,10H2,(H2,19,20,21)/t14-/m0/s1. The van der Waals surface area contributed by atoms with Crippen molar-refractivity contribution in [2.75, 3.05) is 0 Å². The predicted octanol–water partition coefficient (Wildman–Crippen LogP) is 2.56. The van der Waals surface area contributed by atoms with Gasteiger partial charge in [-0.1, -0.05) is 30.3 Å². The number of benzene rings is 2. The Hall–Kier alpha value is -2.05. The SMILES string of the molecule is O=[N+]([O-])c1ccc([C@@H](NCc2ccccc2)P(=O)(O)O)cc1. The van der Waals surface area contributed by atoms with Crippen LogP contribution in [0.5, 0.6) is 0 Å². The normalized spacial score (nSPS) is 12.8. The molecule has 2 aromatic carbocycles. The summed E-state index contributed by atoms with van der Waals surface area (Å²) in [6.07, 6.45) is 0. The highest BCUT2D eigenvalue weighted by atomic mass is 31.2. The topological polar surface area (TPSA) is 113 Å². The maximum atomic E-state index is 11.7. The molecule has 0 saturated heterocycles. The Balaban J connectivity index is 2.19. The second-order valence-electron chi connectivity index (χ2n) is 4.71. The van der Waals surface area contributed by atoms with E-state index >= 15 is 0 Å². The molecule has 0 radical (unpaired) electrons. The van der Waals surface area contributed by atoms with Gasteiger partial charge in [-0.15, -0.1) is 0 Å². The van der Waals surface area contributed by atoms with Crippen molar-refractivity contribution >= 4 is 13.3 Å². The lowest BCUT2D eigenvalue weighted by molar-refractivity contribution is -0.384. The van der Waals surface area contributed by atoms with Gasteiger partial charge in [0.1, 0.15) is 5.78 Å². The highest BCUT2D eigenvalue weighted by Gasteiger charge is 2.30. The Morgan fingerprint density at radius 1 is 1.09 bits per heavy atom. The molecule has 0 fully saturated rings. The second kappa shape index (κ2) is 6.81. The molecule has 0 heterocycles. The van der Waals surface area contributed by atoms with Crippen molar-refractivity contribution in [3.63, 3.8) is 0 Å². The molecule has 0 aromatic heterocycles. The summed E-state index contributed by atoms with van der Waals surface area (Å²) in [5.41, 5.74) is 1.05. The largest absolute Gasteiger partial charge is 0.346 e. The monoisotopic (exact) mass is 322 g/mol.